The van der Waals surface area contributed by atoms with Crippen LogP contribution in [0.15, 0.2) is 67.0 Å². The van der Waals surface area contributed by atoms with Crippen molar-refractivity contribution in [2.24, 2.45) is 5.90 Å². The lowest BCUT2D eigenvalue weighted by Crippen LogP contribution is -2.35. The number of nitrogens with zero attached hydrogens (tertiary/aromatic N) is 1. The van der Waals surface area contributed by atoms with Crippen LogP contribution in [-0.2, 0) is 20.9 Å². The molecule has 0 saturated heterocycles. The van der Waals surface area contributed by atoms with Crippen molar-refractivity contribution < 1.29 is 19.1 Å². The largest absolute Gasteiger partial charge is 0.490 e. The molecule has 9 heteroatoms. The van der Waals surface area contributed by atoms with Crippen LogP contribution >= 0.6 is 0 Å². The zero-order valence-corrected chi connectivity index (χ0v) is 17.1. The minimum Gasteiger partial charge on any atom is -0.490 e. The predicted molar refractivity (Wildman–Crippen MR) is 114 cm³/mol. The van der Waals surface area contributed by atoms with Gasteiger partial charge in [0.1, 0.15) is 30.1 Å². The Hall–Kier alpha value is -3.69. The third-order valence-corrected chi connectivity index (χ3v) is 4.52. The number of nitrogens with one attached hydrogen (secondary N) is 3. The quantitative estimate of drug-likeness (QED) is 0.170. The maximum atomic E-state index is 12.3. The highest BCUT2D eigenvalue weighted by Gasteiger charge is 2.24. The molecule has 9 nitrogen and oxygen atoms in total. The molecular weight excluding hydrogens is 398 g/mol. The van der Waals surface area contributed by atoms with Gasteiger partial charge in [0, 0.05) is 18.0 Å². The summed E-state index contributed by atoms with van der Waals surface area (Å²) in [6.07, 6.45) is 1.87. The van der Waals surface area contributed by atoms with Crippen LogP contribution in [0.2, 0.25) is 0 Å². The van der Waals surface area contributed by atoms with Gasteiger partial charge in [-0.05, 0) is 36.8 Å². The summed E-state index contributed by atoms with van der Waals surface area (Å²) in [5, 5.41) is 11.1. The molecule has 0 aliphatic heterocycles. The van der Waals surface area contributed by atoms with Gasteiger partial charge in [-0.3, -0.25) is 10.2 Å². The lowest BCUT2D eigenvalue weighted by atomic mass is 10.1. The summed E-state index contributed by atoms with van der Waals surface area (Å²) in [6.45, 7) is 2.09. The van der Waals surface area contributed by atoms with E-state index in [-0.39, 0.29) is 12.4 Å². The van der Waals surface area contributed by atoms with Crippen molar-refractivity contribution in [3.8, 4) is 5.75 Å². The van der Waals surface area contributed by atoms with E-state index in [9.17, 15) is 4.79 Å². The van der Waals surface area contributed by atoms with Crippen LogP contribution in [0.1, 0.15) is 30.0 Å². The summed E-state index contributed by atoms with van der Waals surface area (Å²) in [5.41, 5.74) is 1.55. The molecule has 5 N–H and O–H groups in total. The molecule has 0 aliphatic carbocycles. The monoisotopic (exact) mass is 423 g/mol. The van der Waals surface area contributed by atoms with Crippen LogP contribution in [0.4, 0.5) is 0 Å². The maximum absolute atomic E-state index is 12.3. The molecule has 0 radical (unpaired) electrons. The van der Waals surface area contributed by atoms with Crippen molar-refractivity contribution in [1.29, 1.82) is 5.41 Å². The molecule has 3 rings (SSSR count). The van der Waals surface area contributed by atoms with E-state index < -0.39 is 18.2 Å². The van der Waals surface area contributed by atoms with Gasteiger partial charge in [0.2, 0.25) is 6.10 Å². The Bertz CT molecular complexity index is 961. The van der Waals surface area contributed by atoms with E-state index in [1.807, 2.05) is 30.3 Å². The molecule has 3 aromatic rings. The fourth-order valence-corrected chi connectivity index (χ4v) is 2.76. The van der Waals surface area contributed by atoms with Crippen LogP contribution in [0.3, 0.4) is 0 Å². The number of hydrogen-bond acceptors (Lipinski definition) is 7. The Morgan fingerprint density at radius 1 is 1.19 bits per heavy atom. The van der Waals surface area contributed by atoms with Gasteiger partial charge in [0.15, 0.2) is 0 Å². The number of carbonyl (C=O) groups is 1. The van der Waals surface area contributed by atoms with Crippen molar-refractivity contribution in [1.82, 2.24) is 15.3 Å². The Kier molecular flexibility index (Phi) is 7.74. The topological polar surface area (TPSA) is 135 Å². The van der Waals surface area contributed by atoms with E-state index in [1.54, 1.807) is 43.6 Å². The van der Waals surface area contributed by atoms with Crippen LogP contribution in [0.25, 0.3) is 0 Å². The zero-order valence-electron chi connectivity index (χ0n) is 17.1. The number of carbonyl (C=O) groups excluding carboxylic acids is 1. The third-order valence-electron chi connectivity index (χ3n) is 4.52. The number of H-pyrrole nitrogens is 1. The molecule has 1 heterocycles. The summed E-state index contributed by atoms with van der Waals surface area (Å²) in [5.74, 6) is 6.16. The first-order chi connectivity index (χ1) is 15.1. The SMILES string of the molecule is CC(OC(=O)[C@H](COc1ccc(C(=N)NCc2ncc[nH]2)cc1)ON)c1ccccc1. The average Bonchev–Trinajstić information content (AvgIpc) is 3.32. The summed E-state index contributed by atoms with van der Waals surface area (Å²) in [6, 6.07) is 16.2. The van der Waals surface area contributed by atoms with Gasteiger partial charge >= 0.3 is 5.97 Å². The van der Waals surface area contributed by atoms with Crippen molar-refractivity contribution in [2.75, 3.05) is 6.61 Å². The second-order valence-electron chi connectivity index (χ2n) is 6.71. The number of ether oxygens (including phenoxy) is 2. The summed E-state index contributed by atoms with van der Waals surface area (Å²) >= 11 is 0. The zero-order chi connectivity index (χ0) is 22.1. The second-order valence-corrected chi connectivity index (χ2v) is 6.71. The molecule has 2 aromatic carbocycles. The summed E-state index contributed by atoms with van der Waals surface area (Å²) in [4.78, 5) is 24.2. The van der Waals surface area contributed by atoms with E-state index >= 15 is 0 Å². The molecule has 0 amide bonds. The average molecular weight is 423 g/mol. The molecule has 0 saturated carbocycles. The molecule has 0 spiro atoms. The first-order valence-corrected chi connectivity index (χ1v) is 9.71. The minimum absolute atomic E-state index is 0.107. The molecule has 0 bridgehead atoms. The Morgan fingerprint density at radius 3 is 2.58 bits per heavy atom. The van der Waals surface area contributed by atoms with Gasteiger partial charge in [-0.25, -0.2) is 15.7 Å². The Morgan fingerprint density at radius 2 is 1.94 bits per heavy atom. The minimum atomic E-state index is -1.07. The van der Waals surface area contributed by atoms with Crippen LogP contribution in [0, 0.1) is 5.41 Å². The molecule has 162 valence electrons. The van der Waals surface area contributed by atoms with Gasteiger partial charge in [0.25, 0.3) is 0 Å². The van der Waals surface area contributed by atoms with Crippen LogP contribution < -0.4 is 16.0 Å². The molecule has 0 fully saturated rings. The number of imidazole rings is 1. The van der Waals surface area contributed by atoms with E-state index in [0.717, 1.165) is 11.4 Å². The van der Waals surface area contributed by atoms with E-state index in [1.165, 1.54) is 0 Å². The van der Waals surface area contributed by atoms with Gasteiger partial charge in [-0.2, -0.15) is 0 Å². The Balaban J connectivity index is 1.48. The fraction of sp³-hybridized carbons (Fsp3) is 0.227. The maximum Gasteiger partial charge on any atom is 0.341 e. The second kappa shape index (κ2) is 10.9. The third kappa shape index (κ3) is 6.39. The lowest BCUT2D eigenvalue weighted by Gasteiger charge is -2.18. The van der Waals surface area contributed by atoms with Gasteiger partial charge in [-0.15, -0.1) is 0 Å². The lowest BCUT2D eigenvalue weighted by molar-refractivity contribution is -0.164. The van der Waals surface area contributed by atoms with Gasteiger partial charge in [-0.1, -0.05) is 30.3 Å². The number of rotatable bonds is 10. The van der Waals surface area contributed by atoms with E-state index in [4.69, 9.17) is 25.6 Å². The molecule has 0 aliphatic rings. The molecule has 2 atom stereocenters. The highest BCUT2D eigenvalue weighted by molar-refractivity contribution is 5.96. The molecule has 1 aromatic heterocycles. The number of esters is 1. The Labute approximate surface area is 180 Å². The van der Waals surface area contributed by atoms with Gasteiger partial charge < -0.3 is 19.8 Å². The number of benzene rings is 2. The van der Waals surface area contributed by atoms with E-state index in [0.29, 0.717) is 17.9 Å². The van der Waals surface area contributed by atoms with Crippen molar-refractivity contribution in [3.63, 3.8) is 0 Å². The fourth-order valence-electron chi connectivity index (χ4n) is 2.76. The molecule has 31 heavy (non-hydrogen) atoms. The smallest absolute Gasteiger partial charge is 0.341 e. The number of aromatic amines is 1. The molecular formula is C22H25N5O4. The van der Waals surface area contributed by atoms with Gasteiger partial charge in [0.05, 0.1) is 6.54 Å². The number of amidine groups is 1. The van der Waals surface area contributed by atoms with Crippen molar-refractivity contribution in [3.05, 3.63) is 83.9 Å². The first kappa shape index (κ1) is 22.0. The summed E-state index contributed by atoms with van der Waals surface area (Å²) < 4.78 is 11.0. The van der Waals surface area contributed by atoms with Crippen molar-refractivity contribution in [2.45, 2.75) is 25.7 Å². The highest BCUT2D eigenvalue weighted by Crippen LogP contribution is 2.18. The number of nitrogens with two attached hydrogens (primary N) is 1. The number of aromatic nitrogens is 2. The molecule has 1 unspecified atom stereocenters. The highest BCUT2D eigenvalue weighted by atomic mass is 16.7. The summed E-state index contributed by atoms with van der Waals surface area (Å²) in [7, 11) is 0. The van der Waals surface area contributed by atoms with Crippen LogP contribution in [0.5, 0.6) is 5.75 Å². The normalized spacial score (nSPS) is 12.6. The first-order valence-electron chi connectivity index (χ1n) is 9.71. The van der Waals surface area contributed by atoms with Crippen LogP contribution in [-0.4, -0.2) is 34.5 Å². The van der Waals surface area contributed by atoms with E-state index in [2.05, 4.69) is 15.3 Å². The predicted octanol–water partition coefficient (Wildman–Crippen LogP) is 2.47. The van der Waals surface area contributed by atoms with Crippen molar-refractivity contribution >= 4 is 11.8 Å². The number of hydrogen-bond donors (Lipinski definition) is 4. The standard InChI is InChI=1S/C22H25N5O4/c1-15(16-5-3-2-4-6-16)30-22(28)19(31-24)14-29-18-9-7-17(8-10-18)21(23)27-13-20-25-11-12-26-20/h2-12,15,19H,13-14,24H2,1H3,(H2,23,27)(H,25,26)/t15?,19-/m0/s1.